The predicted molar refractivity (Wildman–Crippen MR) is 70.5 cm³/mol. The Morgan fingerprint density at radius 3 is 2.76 bits per heavy atom. The standard InChI is InChI=1S/C14H22N2O/c1-11(2)17-14-13(9-6-10-15-14)16-12-7-4-3-5-8-12/h6,9-12,16H,3-5,7-8H2,1-2H3. The molecule has 0 aliphatic heterocycles. The molecular formula is C14H22N2O. The third-order valence-corrected chi connectivity index (χ3v) is 3.08. The van der Waals surface area contributed by atoms with Crippen LogP contribution in [-0.4, -0.2) is 17.1 Å². The summed E-state index contributed by atoms with van der Waals surface area (Å²) in [5.41, 5.74) is 1.04. The van der Waals surface area contributed by atoms with Crippen LogP contribution in [0.2, 0.25) is 0 Å². The molecule has 1 aromatic rings. The number of hydrogen-bond acceptors (Lipinski definition) is 3. The second-order valence-electron chi connectivity index (χ2n) is 5.00. The van der Waals surface area contributed by atoms with Gasteiger partial charge < -0.3 is 10.1 Å². The van der Waals surface area contributed by atoms with Crippen molar-refractivity contribution in [3.63, 3.8) is 0 Å². The smallest absolute Gasteiger partial charge is 0.237 e. The van der Waals surface area contributed by atoms with Crippen LogP contribution in [0.4, 0.5) is 5.69 Å². The Morgan fingerprint density at radius 2 is 2.06 bits per heavy atom. The van der Waals surface area contributed by atoms with E-state index in [0.717, 1.165) is 11.6 Å². The number of hydrogen-bond donors (Lipinski definition) is 1. The lowest BCUT2D eigenvalue weighted by molar-refractivity contribution is 0.233. The zero-order valence-corrected chi connectivity index (χ0v) is 10.8. The van der Waals surface area contributed by atoms with Crippen molar-refractivity contribution < 1.29 is 4.74 Å². The van der Waals surface area contributed by atoms with Crippen LogP contribution in [0.25, 0.3) is 0 Å². The maximum Gasteiger partial charge on any atom is 0.237 e. The molecule has 0 spiro atoms. The van der Waals surface area contributed by atoms with Gasteiger partial charge in [0.2, 0.25) is 5.88 Å². The van der Waals surface area contributed by atoms with Crippen LogP contribution in [0, 0.1) is 0 Å². The van der Waals surface area contributed by atoms with Gasteiger partial charge in [0.15, 0.2) is 0 Å². The van der Waals surface area contributed by atoms with Crippen molar-refractivity contribution in [2.45, 2.75) is 58.1 Å². The Hall–Kier alpha value is -1.25. The fraction of sp³-hybridized carbons (Fsp3) is 0.643. The number of pyridine rings is 1. The molecular weight excluding hydrogens is 212 g/mol. The summed E-state index contributed by atoms with van der Waals surface area (Å²) in [5, 5.41) is 3.57. The molecule has 0 aromatic carbocycles. The van der Waals surface area contributed by atoms with Gasteiger partial charge in [-0.15, -0.1) is 0 Å². The molecule has 2 rings (SSSR count). The van der Waals surface area contributed by atoms with Crippen LogP contribution < -0.4 is 10.1 Å². The molecule has 17 heavy (non-hydrogen) atoms. The summed E-state index contributed by atoms with van der Waals surface area (Å²) in [6.45, 7) is 4.05. The zero-order chi connectivity index (χ0) is 12.1. The molecule has 3 heteroatoms. The lowest BCUT2D eigenvalue weighted by atomic mass is 9.95. The first-order chi connectivity index (χ1) is 8.25. The first kappa shape index (κ1) is 12.2. The summed E-state index contributed by atoms with van der Waals surface area (Å²) in [5.74, 6) is 0.730. The molecule has 0 radical (unpaired) electrons. The Kier molecular flexibility index (Phi) is 4.24. The topological polar surface area (TPSA) is 34.1 Å². The van der Waals surface area contributed by atoms with E-state index in [1.54, 1.807) is 6.20 Å². The van der Waals surface area contributed by atoms with Crippen LogP contribution in [0.1, 0.15) is 46.0 Å². The number of rotatable bonds is 4. The van der Waals surface area contributed by atoms with Gasteiger partial charge in [0.1, 0.15) is 0 Å². The van der Waals surface area contributed by atoms with E-state index in [1.165, 1.54) is 32.1 Å². The molecule has 1 aliphatic rings. The zero-order valence-electron chi connectivity index (χ0n) is 10.8. The van der Waals surface area contributed by atoms with Gasteiger partial charge in [-0.2, -0.15) is 0 Å². The maximum atomic E-state index is 5.71. The van der Waals surface area contributed by atoms with E-state index in [0.29, 0.717) is 6.04 Å². The number of aromatic nitrogens is 1. The Bertz CT molecular complexity index is 346. The number of nitrogens with zero attached hydrogens (tertiary/aromatic N) is 1. The molecule has 0 bridgehead atoms. The third-order valence-electron chi connectivity index (χ3n) is 3.08. The van der Waals surface area contributed by atoms with Gasteiger partial charge in [0, 0.05) is 12.2 Å². The van der Waals surface area contributed by atoms with E-state index in [4.69, 9.17) is 4.74 Å². The average Bonchev–Trinajstić information content (AvgIpc) is 2.32. The fourth-order valence-corrected chi connectivity index (χ4v) is 2.28. The maximum absolute atomic E-state index is 5.71. The minimum Gasteiger partial charge on any atom is -0.473 e. The van der Waals surface area contributed by atoms with Gasteiger partial charge in [-0.3, -0.25) is 0 Å². The van der Waals surface area contributed by atoms with E-state index in [-0.39, 0.29) is 6.10 Å². The first-order valence-electron chi connectivity index (χ1n) is 6.64. The van der Waals surface area contributed by atoms with Crippen LogP contribution in [0.5, 0.6) is 5.88 Å². The van der Waals surface area contributed by atoms with Crippen molar-refractivity contribution in [2.75, 3.05) is 5.32 Å². The molecule has 94 valence electrons. The van der Waals surface area contributed by atoms with E-state index in [9.17, 15) is 0 Å². The third kappa shape index (κ3) is 3.62. The fourth-order valence-electron chi connectivity index (χ4n) is 2.28. The molecule has 3 nitrogen and oxygen atoms in total. The molecule has 1 fully saturated rings. The van der Waals surface area contributed by atoms with Crippen LogP contribution >= 0.6 is 0 Å². The number of anilines is 1. The number of ether oxygens (including phenoxy) is 1. The minimum absolute atomic E-state index is 0.164. The Morgan fingerprint density at radius 1 is 1.29 bits per heavy atom. The molecule has 0 saturated heterocycles. The largest absolute Gasteiger partial charge is 0.473 e. The predicted octanol–water partition coefficient (Wildman–Crippen LogP) is 3.61. The molecule has 1 heterocycles. The van der Waals surface area contributed by atoms with Gasteiger partial charge in [-0.1, -0.05) is 19.3 Å². The molecule has 0 atom stereocenters. The first-order valence-corrected chi connectivity index (χ1v) is 6.64. The van der Waals surface area contributed by atoms with Crippen molar-refractivity contribution in [1.82, 2.24) is 4.98 Å². The van der Waals surface area contributed by atoms with Crippen LogP contribution in [0.3, 0.4) is 0 Å². The highest BCUT2D eigenvalue weighted by atomic mass is 16.5. The average molecular weight is 234 g/mol. The van der Waals surface area contributed by atoms with Crippen molar-refractivity contribution >= 4 is 5.69 Å². The monoisotopic (exact) mass is 234 g/mol. The molecule has 1 N–H and O–H groups in total. The second kappa shape index (κ2) is 5.89. The molecule has 0 unspecified atom stereocenters. The van der Waals surface area contributed by atoms with Crippen molar-refractivity contribution in [2.24, 2.45) is 0 Å². The Balaban J connectivity index is 2.03. The lowest BCUT2D eigenvalue weighted by Gasteiger charge is -2.25. The minimum atomic E-state index is 0.164. The van der Waals surface area contributed by atoms with Crippen molar-refractivity contribution in [3.05, 3.63) is 18.3 Å². The highest BCUT2D eigenvalue weighted by Gasteiger charge is 2.15. The van der Waals surface area contributed by atoms with Crippen molar-refractivity contribution in [3.8, 4) is 5.88 Å². The van der Waals surface area contributed by atoms with E-state index < -0.39 is 0 Å². The van der Waals surface area contributed by atoms with Gasteiger partial charge in [0.25, 0.3) is 0 Å². The van der Waals surface area contributed by atoms with Gasteiger partial charge in [0.05, 0.1) is 11.8 Å². The van der Waals surface area contributed by atoms with Crippen molar-refractivity contribution in [1.29, 1.82) is 0 Å². The summed E-state index contributed by atoms with van der Waals surface area (Å²) in [6.07, 6.45) is 8.50. The van der Waals surface area contributed by atoms with Crippen LogP contribution in [0.15, 0.2) is 18.3 Å². The Labute approximate surface area is 104 Å². The van der Waals surface area contributed by atoms with Gasteiger partial charge in [-0.05, 0) is 38.8 Å². The highest BCUT2D eigenvalue weighted by Crippen LogP contribution is 2.26. The molecule has 1 aliphatic carbocycles. The van der Waals surface area contributed by atoms with Gasteiger partial charge in [-0.25, -0.2) is 4.98 Å². The summed E-state index contributed by atoms with van der Waals surface area (Å²) in [4.78, 5) is 4.30. The van der Waals surface area contributed by atoms with Crippen LogP contribution in [-0.2, 0) is 0 Å². The summed E-state index contributed by atoms with van der Waals surface area (Å²) in [6, 6.07) is 4.60. The number of nitrogens with one attached hydrogen (secondary N) is 1. The summed E-state index contributed by atoms with van der Waals surface area (Å²) in [7, 11) is 0. The molecule has 1 saturated carbocycles. The van der Waals surface area contributed by atoms with E-state index in [1.807, 2.05) is 19.9 Å². The quantitative estimate of drug-likeness (QED) is 0.864. The van der Waals surface area contributed by atoms with Gasteiger partial charge >= 0.3 is 0 Å². The van der Waals surface area contributed by atoms with E-state index in [2.05, 4.69) is 16.4 Å². The molecule has 0 amide bonds. The SMILES string of the molecule is CC(C)Oc1ncccc1NC1CCCCC1. The normalized spacial score (nSPS) is 17.1. The second-order valence-corrected chi connectivity index (χ2v) is 5.00. The lowest BCUT2D eigenvalue weighted by Crippen LogP contribution is -2.23. The van der Waals surface area contributed by atoms with E-state index >= 15 is 0 Å². The highest BCUT2D eigenvalue weighted by molar-refractivity contribution is 5.52. The summed E-state index contributed by atoms with van der Waals surface area (Å²) < 4.78 is 5.71. The summed E-state index contributed by atoms with van der Waals surface area (Å²) >= 11 is 0. The molecule has 1 aromatic heterocycles.